The predicted octanol–water partition coefficient (Wildman–Crippen LogP) is 4.55. The van der Waals surface area contributed by atoms with E-state index < -0.39 is 18.5 Å². The highest BCUT2D eigenvalue weighted by Crippen LogP contribution is 2.27. The first-order valence-electron chi connectivity index (χ1n) is 12.5. The molecule has 3 aromatic carbocycles. The highest BCUT2D eigenvalue weighted by Gasteiger charge is 2.20. The van der Waals surface area contributed by atoms with Gasteiger partial charge in [-0.15, -0.1) is 0 Å². The fraction of sp³-hybridized carbons (Fsp3) is 0.267. The molecule has 0 saturated heterocycles. The summed E-state index contributed by atoms with van der Waals surface area (Å²) in [6, 6.07) is 27.1. The molecule has 37 heavy (non-hydrogen) atoms. The molecular weight excluding hydrogens is 466 g/mol. The van der Waals surface area contributed by atoms with Crippen molar-refractivity contribution in [2.75, 3.05) is 13.2 Å². The molecule has 0 aliphatic heterocycles. The maximum absolute atomic E-state index is 12.9. The third-order valence-electron chi connectivity index (χ3n) is 6.09. The number of fused-ring (bicyclic) bond motifs is 1. The first-order chi connectivity index (χ1) is 17.9. The fourth-order valence-electron chi connectivity index (χ4n) is 4.36. The minimum atomic E-state index is -0.740. The van der Waals surface area contributed by atoms with E-state index >= 15 is 0 Å². The number of benzene rings is 3. The summed E-state index contributed by atoms with van der Waals surface area (Å²) in [5, 5.41) is 7.92. The van der Waals surface area contributed by atoms with Crippen molar-refractivity contribution in [2.24, 2.45) is 5.92 Å². The zero-order valence-corrected chi connectivity index (χ0v) is 21.1. The number of hydrogen-bond donors (Lipinski definition) is 1. The van der Waals surface area contributed by atoms with Gasteiger partial charge in [0.05, 0.1) is 5.39 Å². The van der Waals surface area contributed by atoms with E-state index in [4.69, 9.17) is 4.74 Å². The third-order valence-corrected chi connectivity index (χ3v) is 6.09. The Labute approximate surface area is 216 Å². The van der Waals surface area contributed by atoms with Crippen LogP contribution in [-0.4, -0.2) is 34.8 Å². The van der Waals surface area contributed by atoms with Gasteiger partial charge in [-0.25, -0.2) is 9.48 Å². The van der Waals surface area contributed by atoms with Crippen LogP contribution in [0.15, 0.2) is 89.7 Å². The second kappa shape index (κ2) is 12.1. The molecule has 0 unspecified atom stereocenters. The molecule has 4 rings (SSSR count). The quantitative estimate of drug-likeness (QED) is 0.325. The molecule has 7 heteroatoms. The largest absolute Gasteiger partial charge is 0.451 e. The highest BCUT2D eigenvalue weighted by molar-refractivity contribution is 6.02. The molecule has 190 valence electrons. The van der Waals surface area contributed by atoms with Gasteiger partial charge in [-0.2, -0.15) is 5.10 Å². The summed E-state index contributed by atoms with van der Waals surface area (Å²) in [5.74, 6) is -0.845. The van der Waals surface area contributed by atoms with Crippen molar-refractivity contribution in [3.63, 3.8) is 0 Å². The summed E-state index contributed by atoms with van der Waals surface area (Å²) in [7, 11) is 0. The molecular formula is C30H31N3O4. The van der Waals surface area contributed by atoms with Gasteiger partial charge in [-0.05, 0) is 29.5 Å². The van der Waals surface area contributed by atoms with Gasteiger partial charge in [-0.1, -0.05) is 92.7 Å². The Morgan fingerprint density at radius 3 is 2.03 bits per heavy atom. The van der Waals surface area contributed by atoms with Crippen LogP contribution in [0.1, 0.15) is 47.8 Å². The molecule has 4 aromatic rings. The smallest absolute Gasteiger partial charge is 0.359 e. The minimum absolute atomic E-state index is 0.0249. The summed E-state index contributed by atoms with van der Waals surface area (Å²) in [5.41, 5.74) is 2.11. The lowest BCUT2D eigenvalue weighted by Crippen LogP contribution is -2.32. The zero-order valence-electron chi connectivity index (χ0n) is 21.1. The van der Waals surface area contributed by atoms with Crippen LogP contribution in [-0.2, 0) is 16.1 Å². The normalized spacial score (nSPS) is 11.1. The van der Waals surface area contributed by atoms with Crippen molar-refractivity contribution in [1.82, 2.24) is 15.1 Å². The van der Waals surface area contributed by atoms with E-state index in [-0.39, 0.29) is 23.1 Å². The lowest BCUT2D eigenvalue weighted by Gasteiger charge is -2.18. The number of nitrogens with zero attached hydrogens (tertiary/aromatic N) is 2. The van der Waals surface area contributed by atoms with Gasteiger partial charge in [0.2, 0.25) is 0 Å². The number of rotatable bonds is 10. The number of hydrogen-bond acceptors (Lipinski definition) is 5. The average Bonchev–Trinajstić information content (AvgIpc) is 2.92. The van der Waals surface area contributed by atoms with Crippen molar-refractivity contribution in [3.8, 4) is 0 Å². The van der Waals surface area contributed by atoms with Gasteiger partial charge in [-0.3, -0.25) is 9.59 Å². The van der Waals surface area contributed by atoms with Gasteiger partial charge in [0.25, 0.3) is 11.5 Å². The molecule has 1 aromatic heterocycles. The first-order valence-corrected chi connectivity index (χ1v) is 12.5. The van der Waals surface area contributed by atoms with Gasteiger partial charge in [0.1, 0.15) is 0 Å². The Hall–Kier alpha value is -4.26. The van der Waals surface area contributed by atoms with E-state index in [1.54, 1.807) is 24.3 Å². The number of ether oxygens (including phenoxy) is 1. The molecule has 0 atom stereocenters. The third kappa shape index (κ3) is 6.50. The monoisotopic (exact) mass is 497 g/mol. The summed E-state index contributed by atoms with van der Waals surface area (Å²) in [6.07, 6.45) is 0.695. The van der Waals surface area contributed by atoms with Crippen LogP contribution in [0.5, 0.6) is 0 Å². The van der Waals surface area contributed by atoms with Crippen molar-refractivity contribution in [1.29, 1.82) is 0 Å². The molecule has 1 heterocycles. The Morgan fingerprint density at radius 1 is 0.865 bits per heavy atom. The Kier molecular flexibility index (Phi) is 8.46. The molecule has 1 amide bonds. The fourth-order valence-corrected chi connectivity index (χ4v) is 4.36. The molecule has 0 bridgehead atoms. The van der Waals surface area contributed by atoms with Crippen molar-refractivity contribution in [2.45, 2.75) is 32.7 Å². The second-order valence-corrected chi connectivity index (χ2v) is 9.36. The van der Waals surface area contributed by atoms with E-state index in [9.17, 15) is 14.4 Å². The molecule has 0 spiro atoms. The van der Waals surface area contributed by atoms with Crippen molar-refractivity contribution < 1.29 is 14.3 Å². The lowest BCUT2D eigenvalue weighted by molar-refractivity contribution is -0.124. The predicted molar refractivity (Wildman–Crippen MR) is 143 cm³/mol. The highest BCUT2D eigenvalue weighted by atomic mass is 16.5. The maximum atomic E-state index is 12.9. The van der Waals surface area contributed by atoms with Crippen LogP contribution in [0.4, 0.5) is 0 Å². The topological polar surface area (TPSA) is 90.3 Å². The number of esters is 1. The van der Waals surface area contributed by atoms with Crippen LogP contribution in [0.2, 0.25) is 0 Å². The number of carbonyl (C=O) groups excluding carboxylic acids is 2. The number of amides is 1. The molecule has 7 nitrogen and oxygen atoms in total. The summed E-state index contributed by atoms with van der Waals surface area (Å²) in [4.78, 5) is 38.2. The van der Waals surface area contributed by atoms with Gasteiger partial charge in [0.15, 0.2) is 12.3 Å². The van der Waals surface area contributed by atoms with E-state index in [1.807, 2.05) is 50.2 Å². The summed E-state index contributed by atoms with van der Waals surface area (Å²) < 4.78 is 6.58. The van der Waals surface area contributed by atoms with E-state index in [0.29, 0.717) is 30.3 Å². The molecule has 0 radical (unpaired) electrons. The van der Waals surface area contributed by atoms with E-state index in [1.165, 1.54) is 15.8 Å². The zero-order chi connectivity index (χ0) is 26.2. The van der Waals surface area contributed by atoms with Gasteiger partial charge < -0.3 is 10.1 Å². The number of aromatic nitrogens is 2. The van der Waals surface area contributed by atoms with Crippen molar-refractivity contribution in [3.05, 3.63) is 112 Å². The Bertz CT molecular complexity index is 1380. The van der Waals surface area contributed by atoms with Crippen molar-refractivity contribution >= 4 is 22.6 Å². The van der Waals surface area contributed by atoms with E-state index in [2.05, 4.69) is 34.7 Å². The maximum Gasteiger partial charge on any atom is 0.359 e. The Balaban J connectivity index is 1.39. The SMILES string of the molecule is CC(C)Cn1nc(C(=O)OCC(=O)NCCC(c2ccccc2)c2ccccc2)c2ccccc2c1=O. The van der Waals surface area contributed by atoms with Crippen LogP contribution in [0.25, 0.3) is 10.8 Å². The summed E-state index contributed by atoms with van der Waals surface area (Å²) >= 11 is 0. The number of carbonyl (C=O) groups is 2. The molecule has 0 fully saturated rings. The first kappa shape index (κ1) is 25.8. The second-order valence-electron chi connectivity index (χ2n) is 9.36. The van der Waals surface area contributed by atoms with Crippen LogP contribution >= 0.6 is 0 Å². The lowest BCUT2D eigenvalue weighted by atomic mass is 9.88. The summed E-state index contributed by atoms with van der Waals surface area (Å²) in [6.45, 7) is 4.29. The number of nitrogens with one attached hydrogen (secondary N) is 1. The minimum Gasteiger partial charge on any atom is -0.451 e. The van der Waals surface area contributed by atoms with Crippen LogP contribution in [0, 0.1) is 5.92 Å². The molecule has 0 aliphatic carbocycles. The Morgan fingerprint density at radius 2 is 1.43 bits per heavy atom. The standard InChI is InChI=1S/C30H31N3O4/c1-21(2)19-33-29(35)26-16-10-9-15-25(26)28(32-33)30(36)37-20-27(34)31-18-17-24(22-11-5-3-6-12-22)23-13-7-4-8-14-23/h3-16,21,24H,17-20H2,1-2H3,(H,31,34). The van der Waals surface area contributed by atoms with Crippen LogP contribution < -0.4 is 10.9 Å². The van der Waals surface area contributed by atoms with E-state index in [0.717, 1.165) is 0 Å². The average molecular weight is 498 g/mol. The molecule has 1 N–H and O–H groups in total. The molecule has 0 aliphatic rings. The van der Waals surface area contributed by atoms with Gasteiger partial charge in [0, 0.05) is 24.4 Å². The van der Waals surface area contributed by atoms with Gasteiger partial charge >= 0.3 is 5.97 Å². The molecule has 0 saturated carbocycles. The van der Waals surface area contributed by atoms with Crippen LogP contribution in [0.3, 0.4) is 0 Å².